The predicted octanol–water partition coefficient (Wildman–Crippen LogP) is 0.876. The summed E-state index contributed by atoms with van der Waals surface area (Å²) in [7, 11) is 0. The summed E-state index contributed by atoms with van der Waals surface area (Å²) in [6.45, 7) is 3.48. The molecular weight excluding hydrogens is 154 g/mol. The van der Waals surface area contributed by atoms with E-state index in [-0.39, 0.29) is 18.1 Å². The highest BCUT2D eigenvalue weighted by atomic mass is 16.3. The van der Waals surface area contributed by atoms with E-state index in [0.717, 1.165) is 0 Å². The summed E-state index contributed by atoms with van der Waals surface area (Å²) in [5.74, 6) is -0.655. The number of carbonyl (C=O) groups excluding carboxylic acids is 1. The first kappa shape index (κ1) is 9.21. The molecule has 0 aromatic rings. The SMILES string of the molecule is CC1CC(C)(O)CC(=O)C1C#N. The number of nitriles is 1. The lowest BCUT2D eigenvalue weighted by Crippen LogP contribution is -2.41. The Morgan fingerprint density at radius 2 is 2.33 bits per heavy atom. The summed E-state index contributed by atoms with van der Waals surface area (Å²) in [5, 5.41) is 18.2. The van der Waals surface area contributed by atoms with Gasteiger partial charge >= 0.3 is 0 Å². The highest BCUT2D eigenvalue weighted by Gasteiger charge is 2.39. The Kier molecular flexibility index (Phi) is 2.20. The third kappa shape index (κ3) is 1.64. The standard InChI is InChI=1S/C9H13NO2/c1-6-3-9(2,12)4-8(11)7(6)5-10/h6-7,12H,3-4H2,1-2H3. The van der Waals surface area contributed by atoms with Crippen LogP contribution in [0.2, 0.25) is 0 Å². The van der Waals surface area contributed by atoms with Crippen LogP contribution in [0, 0.1) is 23.2 Å². The molecular formula is C9H13NO2. The monoisotopic (exact) mass is 167 g/mol. The third-order valence-corrected chi connectivity index (χ3v) is 2.37. The molecule has 0 heterocycles. The van der Waals surface area contributed by atoms with Gasteiger partial charge in [0.15, 0.2) is 5.78 Å². The van der Waals surface area contributed by atoms with Crippen LogP contribution in [0.5, 0.6) is 0 Å². The lowest BCUT2D eigenvalue weighted by Gasteiger charge is -2.33. The molecule has 1 rings (SSSR count). The first-order valence-electron chi connectivity index (χ1n) is 4.11. The molecule has 0 bridgehead atoms. The number of hydrogen-bond acceptors (Lipinski definition) is 3. The fourth-order valence-corrected chi connectivity index (χ4v) is 1.89. The van der Waals surface area contributed by atoms with Crippen LogP contribution in [0.15, 0.2) is 0 Å². The van der Waals surface area contributed by atoms with E-state index in [1.54, 1.807) is 6.92 Å². The second-order valence-corrected chi connectivity index (χ2v) is 3.93. The molecule has 1 N–H and O–H groups in total. The van der Waals surface area contributed by atoms with Gasteiger partial charge in [0.05, 0.1) is 11.7 Å². The van der Waals surface area contributed by atoms with E-state index in [2.05, 4.69) is 0 Å². The number of carbonyl (C=O) groups is 1. The second kappa shape index (κ2) is 2.87. The lowest BCUT2D eigenvalue weighted by atomic mass is 9.73. The van der Waals surface area contributed by atoms with Gasteiger partial charge in [-0.25, -0.2) is 0 Å². The maximum atomic E-state index is 11.3. The quantitative estimate of drug-likeness (QED) is 0.582. The molecule has 1 aliphatic rings. The van der Waals surface area contributed by atoms with Gasteiger partial charge in [0.2, 0.25) is 0 Å². The molecule has 1 fully saturated rings. The first-order chi connectivity index (χ1) is 5.46. The highest BCUT2D eigenvalue weighted by molar-refractivity contribution is 5.85. The molecule has 0 spiro atoms. The molecule has 0 aromatic heterocycles. The topological polar surface area (TPSA) is 61.1 Å². The zero-order valence-corrected chi connectivity index (χ0v) is 7.37. The normalized spacial score (nSPS) is 42.3. The van der Waals surface area contributed by atoms with Crippen LogP contribution < -0.4 is 0 Å². The van der Waals surface area contributed by atoms with Crippen molar-refractivity contribution in [2.45, 2.75) is 32.3 Å². The largest absolute Gasteiger partial charge is 0.390 e. The van der Waals surface area contributed by atoms with Crippen molar-refractivity contribution in [1.29, 1.82) is 5.26 Å². The summed E-state index contributed by atoms with van der Waals surface area (Å²) in [6, 6.07) is 1.98. The van der Waals surface area contributed by atoms with Crippen LogP contribution in [-0.2, 0) is 4.79 Å². The van der Waals surface area contributed by atoms with Gasteiger partial charge in [0.1, 0.15) is 5.92 Å². The number of nitrogens with zero attached hydrogens (tertiary/aromatic N) is 1. The number of ketones is 1. The summed E-state index contributed by atoms with van der Waals surface area (Å²) in [5.41, 5.74) is -0.899. The van der Waals surface area contributed by atoms with Crippen molar-refractivity contribution in [1.82, 2.24) is 0 Å². The minimum Gasteiger partial charge on any atom is -0.390 e. The maximum absolute atomic E-state index is 11.3. The second-order valence-electron chi connectivity index (χ2n) is 3.93. The van der Waals surface area contributed by atoms with Crippen LogP contribution in [0.25, 0.3) is 0 Å². The first-order valence-corrected chi connectivity index (χ1v) is 4.11. The number of aliphatic hydroxyl groups is 1. The Bertz CT molecular complexity index is 239. The van der Waals surface area contributed by atoms with E-state index < -0.39 is 11.5 Å². The molecule has 0 radical (unpaired) electrons. The van der Waals surface area contributed by atoms with E-state index >= 15 is 0 Å². The van der Waals surface area contributed by atoms with Crippen molar-refractivity contribution in [3.05, 3.63) is 0 Å². The van der Waals surface area contributed by atoms with Crippen molar-refractivity contribution in [3.8, 4) is 6.07 Å². The van der Waals surface area contributed by atoms with Crippen molar-refractivity contribution in [2.75, 3.05) is 0 Å². The fourth-order valence-electron chi connectivity index (χ4n) is 1.89. The molecule has 0 amide bonds. The smallest absolute Gasteiger partial charge is 0.153 e. The van der Waals surface area contributed by atoms with Crippen LogP contribution in [0.3, 0.4) is 0 Å². The zero-order chi connectivity index (χ0) is 9.35. The van der Waals surface area contributed by atoms with Gasteiger partial charge in [0.25, 0.3) is 0 Å². The van der Waals surface area contributed by atoms with Crippen molar-refractivity contribution in [2.24, 2.45) is 11.8 Å². The van der Waals surface area contributed by atoms with Gasteiger partial charge in [-0.15, -0.1) is 0 Å². The van der Waals surface area contributed by atoms with Gasteiger partial charge in [-0.1, -0.05) is 6.92 Å². The predicted molar refractivity (Wildman–Crippen MR) is 43.1 cm³/mol. The average Bonchev–Trinajstić information content (AvgIpc) is 1.82. The zero-order valence-electron chi connectivity index (χ0n) is 7.37. The van der Waals surface area contributed by atoms with E-state index in [9.17, 15) is 9.90 Å². The van der Waals surface area contributed by atoms with Gasteiger partial charge in [-0.05, 0) is 19.3 Å². The Morgan fingerprint density at radius 3 is 2.75 bits per heavy atom. The van der Waals surface area contributed by atoms with Gasteiger partial charge in [0, 0.05) is 6.42 Å². The molecule has 1 saturated carbocycles. The fraction of sp³-hybridized carbons (Fsp3) is 0.778. The summed E-state index contributed by atoms with van der Waals surface area (Å²) < 4.78 is 0. The van der Waals surface area contributed by atoms with Crippen LogP contribution in [0.4, 0.5) is 0 Å². The van der Waals surface area contributed by atoms with Gasteiger partial charge < -0.3 is 5.11 Å². The average molecular weight is 167 g/mol. The van der Waals surface area contributed by atoms with E-state index in [0.29, 0.717) is 6.42 Å². The molecule has 0 aliphatic heterocycles. The Morgan fingerprint density at radius 1 is 1.75 bits per heavy atom. The lowest BCUT2D eigenvalue weighted by molar-refractivity contribution is -0.132. The summed E-state index contributed by atoms with van der Waals surface area (Å²) >= 11 is 0. The van der Waals surface area contributed by atoms with Crippen molar-refractivity contribution < 1.29 is 9.90 Å². The number of Topliss-reactive ketones (excluding diaryl/α,β-unsaturated/α-hetero) is 1. The van der Waals surface area contributed by atoms with Crippen molar-refractivity contribution >= 4 is 5.78 Å². The van der Waals surface area contributed by atoms with Crippen LogP contribution in [0.1, 0.15) is 26.7 Å². The van der Waals surface area contributed by atoms with Crippen LogP contribution in [-0.4, -0.2) is 16.5 Å². The highest BCUT2D eigenvalue weighted by Crippen LogP contribution is 2.33. The summed E-state index contributed by atoms with van der Waals surface area (Å²) in [6.07, 6.45) is 0.659. The van der Waals surface area contributed by atoms with E-state index in [1.807, 2.05) is 13.0 Å². The minimum atomic E-state index is -0.899. The minimum absolute atomic E-state index is 0.0220. The Balaban J connectivity index is 2.79. The van der Waals surface area contributed by atoms with Crippen molar-refractivity contribution in [3.63, 3.8) is 0 Å². The number of rotatable bonds is 0. The van der Waals surface area contributed by atoms with E-state index in [1.165, 1.54) is 0 Å². The Hall–Kier alpha value is -0.880. The van der Waals surface area contributed by atoms with Gasteiger partial charge in [-0.2, -0.15) is 5.26 Å². The van der Waals surface area contributed by atoms with Crippen LogP contribution >= 0.6 is 0 Å². The molecule has 1 aliphatic carbocycles. The molecule has 0 aromatic carbocycles. The molecule has 3 atom stereocenters. The molecule has 3 heteroatoms. The molecule has 66 valence electrons. The molecule has 12 heavy (non-hydrogen) atoms. The molecule has 3 unspecified atom stereocenters. The van der Waals surface area contributed by atoms with Gasteiger partial charge in [-0.3, -0.25) is 4.79 Å². The number of hydrogen-bond donors (Lipinski definition) is 1. The molecule has 0 saturated heterocycles. The summed E-state index contributed by atoms with van der Waals surface area (Å²) in [4.78, 5) is 11.3. The molecule has 3 nitrogen and oxygen atoms in total. The maximum Gasteiger partial charge on any atom is 0.153 e. The third-order valence-electron chi connectivity index (χ3n) is 2.37. The Labute approximate surface area is 72.0 Å². The van der Waals surface area contributed by atoms with E-state index in [4.69, 9.17) is 5.26 Å².